The highest BCUT2D eigenvalue weighted by Crippen LogP contribution is 2.29. The van der Waals surface area contributed by atoms with E-state index in [1.165, 1.54) is 0 Å². The summed E-state index contributed by atoms with van der Waals surface area (Å²) in [7, 11) is 1.63. The predicted molar refractivity (Wildman–Crippen MR) is 137 cm³/mol. The Hall–Kier alpha value is -2.52. The summed E-state index contributed by atoms with van der Waals surface area (Å²) in [6.45, 7) is 4.67. The maximum Gasteiger partial charge on any atom is 0.222 e. The fourth-order valence-electron chi connectivity index (χ4n) is 4.53. The van der Waals surface area contributed by atoms with Crippen molar-refractivity contribution in [3.8, 4) is 17.2 Å². The molecule has 0 saturated carbocycles. The van der Waals surface area contributed by atoms with E-state index >= 15 is 0 Å². The number of halogens is 1. The molecule has 2 aromatic carbocycles. The quantitative estimate of drug-likeness (QED) is 0.457. The lowest BCUT2D eigenvalue weighted by Crippen LogP contribution is -2.48. The summed E-state index contributed by atoms with van der Waals surface area (Å²) in [5.41, 5.74) is -0.0928. The number of β-amino-alcohol motifs (C(OH)–C–C–N with tert-alkyl or cyclic N) is 1. The molecule has 8 nitrogen and oxygen atoms in total. The maximum atomic E-state index is 11.7. The predicted octanol–water partition coefficient (Wildman–Crippen LogP) is 3.38. The smallest absolute Gasteiger partial charge is 0.222 e. The van der Waals surface area contributed by atoms with Crippen LogP contribution in [0.1, 0.15) is 24.8 Å². The molecule has 2 aromatic rings. The topological polar surface area (TPSA) is 80.7 Å². The van der Waals surface area contributed by atoms with Gasteiger partial charge in [0.2, 0.25) is 5.91 Å². The van der Waals surface area contributed by atoms with Gasteiger partial charge in [-0.05, 0) is 54.8 Å². The summed E-state index contributed by atoms with van der Waals surface area (Å²) in [6, 6.07) is 13.0. The first kappa shape index (κ1) is 26.5. The molecule has 1 atom stereocenters. The third kappa shape index (κ3) is 7.49. The van der Waals surface area contributed by atoms with Crippen LogP contribution in [0.2, 0.25) is 5.02 Å². The van der Waals surface area contributed by atoms with Gasteiger partial charge < -0.3 is 29.0 Å². The molecule has 4 rings (SSSR count). The van der Waals surface area contributed by atoms with E-state index in [4.69, 9.17) is 30.5 Å². The molecule has 0 aromatic heterocycles. The first-order valence-electron chi connectivity index (χ1n) is 12.4. The molecule has 36 heavy (non-hydrogen) atoms. The van der Waals surface area contributed by atoms with Crippen LogP contribution < -0.4 is 14.2 Å². The highest BCUT2D eigenvalue weighted by Gasteiger charge is 2.33. The summed E-state index contributed by atoms with van der Waals surface area (Å²) in [4.78, 5) is 15.8. The number of hydrogen-bond acceptors (Lipinski definition) is 7. The van der Waals surface area contributed by atoms with E-state index in [9.17, 15) is 9.90 Å². The molecule has 2 aliphatic heterocycles. The number of rotatable bonds is 11. The normalized spacial score (nSPS) is 20.9. The number of benzene rings is 2. The molecule has 2 fully saturated rings. The van der Waals surface area contributed by atoms with Gasteiger partial charge in [0.1, 0.15) is 18.0 Å². The number of nitrogens with zero attached hydrogens (tertiary/aromatic N) is 2. The zero-order valence-electron chi connectivity index (χ0n) is 20.8. The minimum atomic E-state index is -1.14. The molecule has 2 saturated heterocycles. The van der Waals surface area contributed by atoms with Gasteiger partial charge in [-0.15, -0.1) is 0 Å². The Bertz CT molecular complexity index is 1000. The lowest BCUT2D eigenvalue weighted by molar-refractivity contribution is -0.127. The molecule has 196 valence electrons. The zero-order valence-corrected chi connectivity index (χ0v) is 21.5. The molecule has 1 amide bonds. The average molecular weight is 519 g/mol. The molecule has 0 spiro atoms. The van der Waals surface area contributed by atoms with Crippen molar-refractivity contribution in [1.29, 1.82) is 0 Å². The van der Waals surface area contributed by atoms with Crippen molar-refractivity contribution in [2.75, 3.05) is 59.7 Å². The van der Waals surface area contributed by atoms with Crippen molar-refractivity contribution in [1.82, 2.24) is 9.80 Å². The van der Waals surface area contributed by atoms with Crippen molar-refractivity contribution < 1.29 is 28.8 Å². The molecule has 0 unspecified atom stereocenters. The number of carbonyl (C=O) groups excluding carboxylic acids is 1. The van der Waals surface area contributed by atoms with Crippen molar-refractivity contribution in [3.63, 3.8) is 0 Å². The minimum Gasteiger partial charge on any atom is -0.493 e. The molecule has 1 N–H and O–H groups in total. The monoisotopic (exact) mass is 518 g/mol. The van der Waals surface area contributed by atoms with Gasteiger partial charge >= 0.3 is 0 Å². The highest BCUT2D eigenvalue weighted by molar-refractivity contribution is 6.30. The molecular formula is C27H35ClN2O6. The third-order valence-corrected chi connectivity index (χ3v) is 6.65. The van der Waals surface area contributed by atoms with Crippen LogP contribution in [0, 0.1) is 0 Å². The first-order valence-corrected chi connectivity index (χ1v) is 12.8. The molecule has 0 bridgehead atoms. The minimum absolute atomic E-state index is 0.115. The lowest BCUT2D eigenvalue weighted by atomic mass is 10.1. The van der Waals surface area contributed by atoms with E-state index in [1.54, 1.807) is 31.4 Å². The summed E-state index contributed by atoms with van der Waals surface area (Å²) in [5.74, 6) is 2.23. The van der Waals surface area contributed by atoms with Crippen molar-refractivity contribution in [2.24, 2.45) is 0 Å². The summed E-state index contributed by atoms with van der Waals surface area (Å²) >= 11 is 5.94. The van der Waals surface area contributed by atoms with Gasteiger partial charge in [0.05, 0.1) is 26.9 Å². The highest BCUT2D eigenvalue weighted by atomic mass is 35.5. The number of hydrogen-bond donors (Lipinski definition) is 1. The van der Waals surface area contributed by atoms with E-state index < -0.39 is 5.60 Å². The largest absolute Gasteiger partial charge is 0.493 e. The van der Waals surface area contributed by atoms with E-state index in [0.717, 1.165) is 31.5 Å². The maximum absolute atomic E-state index is 11.7. The second-order valence-electron chi connectivity index (χ2n) is 9.40. The first-order chi connectivity index (χ1) is 17.4. The summed E-state index contributed by atoms with van der Waals surface area (Å²) in [6.07, 6.45) is 2.39. The second kappa shape index (κ2) is 12.6. The van der Waals surface area contributed by atoms with Gasteiger partial charge in [-0.1, -0.05) is 17.7 Å². The molecule has 2 aliphatic rings. The van der Waals surface area contributed by atoms with Crippen LogP contribution in [-0.2, 0) is 16.1 Å². The number of methoxy groups -OCH3 is 1. The average Bonchev–Trinajstić information content (AvgIpc) is 3.19. The molecular weight excluding hydrogens is 484 g/mol. The number of carbonyl (C=O) groups is 1. The van der Waals surface area contributed by atoms with Crippen LogP contribution in [0.25, 0.3) is 0 Å². The van der Waals surface area contributed by atoms with Gasteiger partial charge in [0, 0.05) is 44.2 Å². The fourth-order valence-corrected chi connectivity index (χ4v) is 4.66. The lowest BCUT2D eigenvalue weighted by Gasteiger charge is -2.30. The Labute approximate surface area is 217 Å². The van der Waals surface area contributed by atoms with E-state index in [-0.39, 0.29) is 19.1 Å². The SMILES string of the molecule is COc1cc(CN2CCOC[C@@](O)(COc3ccc(Cl)cc3)C2)ccc1OCCCN1CCCC1=O. The number of aliphatic hydroxyl groups is 1. The van der Waals surface area contributed by atoms with Crippen LogP contribution in [0.3, 0.4) is 0 Å². The molecule has 0 aliphatic carbocycles. The van der Waals surface area contributed by atoms with Crippen molar-refractivity contribution >= 4 is 17.5 Å². The van der Waals surface area contributed by atoms with Gasteiger partial charge in [-0.25, -0.2) is 0 Å². The summed E-state index contributed by atoms with van der Waals surface area (Å²) in [5, 5.41) is 11.8. The van der Waals surface area contributed by atoms with Gasteiger partial charge in [0.25, 0.3) is 0 Å². The van der Waals surface area contributed by atoms with Crippen LogP contribution in [0.4, 0.5) is 0 Å². The second-order valence-corrected chi connectivity index (χ2v) is 9.84. The number of ether oxygens (including phenoxy) is 4. The van der Waals surface area contributed by atoms with Crippen LogP contribution in [0.5, 0.6) is 17.2 Å². The fraction of sp³-hybridized carbons (Fsp3) is 0.519. The van der Waals surface area contributed by atoms with E-state index in [0.29, 0.717) is 61.5 Å². The van der Waals surface area contributed by atoms with Gasteiger partial charge in [-0.2, -0.15) is 0 Å². The van der Waals surface area contributed by atoms with Crippen molar-refractivity contribution in [2.45, 2.75) is 31.4 Å². The Morgan fingerprint density at radius 2 is 1.94 bits per heavy atom. The Balaban J connectivity index is 1.30. The van der Waals surface area contributed by atoms with Crippen LogP contribution >= 0.6 is 11.6 Å². The van der Waals surface area contributed by atoms with Crippen molar-refractivity contribution in [3.05, 3.63) is 53.1 Å². The van der Waals surface area contributed by atoms with Gasteiger partial charge in [-0.3, -0.25) is 9.69 Å². The van der Waals surface area contributed by atoms with Gasteiger partial charge in [0.15, 0.2) is 11.5 Å². The van der Waals surface area contributed by atoms with Crippen LogP contribution in [0.15, 0.2) is 42.5 Å². The third-order valence-electron chi connectivity index (χ3n) is 6.40. The molecule has 2 heterocycles. The number of amides is 1. The molecule has 9 heteroatoms. The Kier molecular flexibility index (Phi) is 9.31. The zero-order chi connectivity index (χ0) is 25.4. The Morgan fingerprint density at radius 3 is 2.69 bits per heavy atom. The number of likely N-dealkylation sites (tertiary alicyclic amines) is 1. The summed E-state index contributed by atoms with van der Waals surface area (Å²) < 4.78 is 23.0. The standard InChI is InChI=1S/C27H35ClN2O6/c1-33-25-16-21(5-10-24(25)35-14-3-12-30-11-2-4-26(30)31)17-29-13-15-34-19-27(32,18-29)20-36-23-8-6-22(28)7-9-23/h5-10,16,32H,2-4,11-15,17-20H2,1H3/t27-/m1/s1. The van der Waals surface area contributed by atoms with E-state index in [2.05, 4.69) is 4.90 Å². The Morgan fingerprint density at radius 1 is 1.11 bits per heavy atom. The van der Waals surface area contributed by atoms with Crippen LogP contribution in [-0.4, -0.2) is 86.1 Å². The molecule has 0 radical (unpaired) electrons. The van der Waals surface area contributed by atoms with E-state index in [1.807, 2.05) is 23.1 Å².